The second-order valence-electron chi connectivity index (χ2n) is 6.86. The van der Waals surface area contributed by atoms with Crippen molar-refractivity contribution in [2.45, 2.75) is 17.5 Å². The molecule has 1 amide bonds. The summed E-state index contributed by atoms with van der Waals surface area (Å²) in [4.78, 5) is 12.3. The van der Waals surface area contributed by atoms with Gasteiger partial charge in [-0.1, -0.05) is 11.6 Å². The number of hydrogen-bond donors (Lipinski definition) is 2. The van der Waals surface area contributed by atoms with Crippen LogP contribution >= 0.6 is 23.4 Å². The molecule has 0 spiro atoms. The van der Waals surface area contributed by atoms with Gasteiger partial charge in [-0.05, 0) is 30.4 Å². The Balaban J connectivity index is 1.58. The maximum atomic E-state index is 14.8. The number of nitrogens with one attached hydrogen (secondary N) is 2. The van der Waals surface area contributed by atoms with E-state index in [0.717, 1.165) is 0 Å². The number of fused-ring (bicyclic) bond motifs is 2. The molecule has 148 valence electrons. The van der Waals surface area contributed by atoms with E-state index in [4.69, 9.17) is 11.6 Å². The molecule has 6 nitrogen and oxygen atoms in total. The topological polar surface area (TPSA) is 75.1 Å². The van der Waals surface area contributed by atoms with Gasteiger partial charge in [0.15, 0.2) is 11.6 Å². The summed E-state index contributed by atoms with van der Waals surface area (Å²) < 4.78 is 29.5. The van der Waals surface area contributed by atoms with Gasteiger partial charge in [0, 0.05) is 23.2 Å². The Kier molecular flexibility index (Phi) is 4.25. The van der Waals surface area contributed by atoms with Gasteiger partial charge in [-0.2, -0.15) is 10.2 Å². The lowest BCUT2D eigenvalue weighted by Gasteiger charge is -2.11. The van der Waals surface area contributed by atoms with E-state index in [2.05, 4.69) is 20.6 Å². The van der Waals surface area contributed by atoms with Crippen LogP contribution < -0.4 is 5.32 Å². The molecule has 3 aromatic heterocycles. The molecule has 1 aliphatic carbocycles. The number of rotatable bonds is 4. The number of halogens is 3. The molecule has 10 heteroatoms. The van der Waals surface area contributed by atoms with Crippen LogP contribution in [0.5, 0.6) is 0 Å². The molecule has 0 radical (unpaired) electrons. The van der Waals surface area contributed by atoms with Gasteiger partial charge in [-0.25, -0.2) is 13.3 Å². The Bertz CT molecular complexity index is 1290. The summed E-state index contributed by atoms with van der Waals surface area (Å²) in [7, 11) is 0. The molecule has 0 bridgehead atoms. The van der Waals surface area contributed by atoms with Crippen LogP contribution in [-0.4, -0.2) is 38.1 Å². The van der Waals surface area contributed by atoms with Gasteiger partial charge in [-0.3, -0.25) is 9.89 Å². The minimum absolute atomic E-state index is 0.0170. The SMILES string of the molecule is CSc1c(F)c(Cl)c(-c2ccn3nc(NC(=O)[C@@H]4C[C@@H]4F)cc3c2)c2cn[nH]c12. The Morgan fingerprint density at radius 2 is 2.24 bits per heavy atom. The third-order valence-electron chi connectivity index (χ3n) is 5.00. The van der Waals surface area contributed by atoms with Crippen molar-refractivity contribution < 1.29 is 13.6 Å². The zero-order valence-electron chi connectivity index (χ0n) is 15.0. The molecule has 2 atom stereocenters. The predicted octanol–water partition coefficient (Wildman–Crippen LogP) is 4.69. The third kappa shape index (κ3) is 2.96. The zero-order valence-corrected chi connectivity index (χ0v) is 16.6. The fraction of sp³-hybridized carbons (Fsp3) is 0.211. The van der Waals surface area contributed by atoms with Crippen molar-refractivity contribution >= 4 is 51.5 Å². The molecule has 5 rings (SSSR count). The summed E-state index contributed by atoms with van der Waals surface area (Å²) >= 11 is 7.64. The molecule has 1 aliphatic rings. The van der Waals surface area contributed by atoms with Gasteiger partial charge >= 0.3 is 0 Å². The summed E-state index contributed by atoms with van der Waals surface area (Å²) in [5.41, 5.74) is 2.47. The first-order valence-corrected chi connectivity index (χ1v) is 10.4. The summed E-state index contributed by atoms with van der Waals surface area (Å²) in [5.74, 6) is -1.15. The smallest absolute Gasteiger partial charge is 0.231 e. The van der Waals surface area contributed by atoms with Crippen molar-refractivity contribution in [2.24, 2.45) is 5.92 Å². The first-order chi connectivity index (χ1) is 14.0. The second kappa shape index (κ2) is 6.70. The van der Waals surface area contributed by atoms with Crippen molar-refractivity contribution in [3.05, 3.63) is 41.4 Å². The molecular weight excluding hydrogens is 420 g/mol. The van der Waals surface area contributed by atoms with Gasteiger partial charge < -0.3 is 5.32 Å². The Labute approximate surface area is 172 Å². The predicted molar refractivity (Wildman–Crippen MR) is 109 cm³/mol. The number of alkyl halides is 1. The third-order valence-corrected chi connectivity index (χ3v) is 6.15. The number of hydrogen-bond acceptors (Lipinski definition) is 4. The summed E-state index contributed by atoms with van der Waals surface area (Å²) in [6.45, 7) is 0. The first-order valence-electron chi connectivity index (χ1n) is 8.80. The Hall–Kier alpha value is -2.65. The fourth-order valence-corrected chi connectivity index (χ4v) is 4.43. The van der Waals surface area contributed by atoms with Crippen LogP contribution in [0.15, 0.2) is 35.5 Å². The van der Waals surface area contributed by atoms with Gasteiger partial charge in [0.25, 0.3) is 0 Å². The number of thioether (sulfide) groups is 1. The van der Waals surface area contributed by atoms with Crippen LogP contribution in [0.4, 0.5) is 14.6 Å². The number of aromatic nitrogens is 4. The molecule has 0 saturated heterocycles. The van der Waals surface area contributed by atoms with Crippen LogP contribution in [0.3, 0.4) is 0 Å². The van der Waals surface area contributed by atoms with E-state index >= 15 is 0 Å². The summed E-state index contributed by atoms with van der Waals surface area (Å²) in [6, 6.07) is 5.23. The standard InChI is InChI=1S/C19H14ClF2N5OS/c1-29-18-16(22)15(20)14(11-7-23-25-17(11)18)8-2-3-27-9(4-8)5-13(26-27)24-19(28)10-6-12(10)21/h2-5,7,10,12H,6H2,1H3,(H,23,25)(H,24,26,28)/t10-,12+/m1/s1. The minimum Gasteiger partial charge on any atom is -0.309 e. The Morgan fingerprint density at radius 1 is 1.45 bits per heavy atom. The molecule has 2 N–H and O–H groups in total. The normalized spacial score (nSPS) is 18.5. The van der Waals surface area contributed by atoms with Crippen LogP contribution in [0.25, 0.3) is 27.5 Å². The number of pyridine rings is 1. The zero-order chi connectivity index (χ0) is 20.3. The fourth-order valence-electron chi connectivity index (χ4n) is 3.43. The van der Waals surface area contributed by atoms with E-state index in [0.29, 0.717) is 38.3 Å². The molecule has 29 heavy (non-hydrogen) atoms. The maximum Gasteiger partial charge on any atom is 0.231 e. The lowest BCUT2D eigenvalue weighted by molar-refractivity contribution is -0.117. The van der Waals surface area contributed by atoms with E-state index in [1.807, 2.05) is 0 Å². The quantitative estimate of drug-likeness (QED) is 0.458. The van der Waals surface area contributed by atoms with Crippen LogP contribution in [0.2, 0.25) is 5.02 Å². The number of carbonyl (C=O) groups is 1. The average Bonchev–Trinajstić information content (AvgIpc) is 3.08. The molecule has 1 saturated carbocycles. The van der Waals surface area contributed by atoms with Crippen LogP contribution in [0.1, 0.15) is 6.42 Å². The maximum absolute atomic E-state index is 14.8. The van der Waals surface area contributed by atoms with Crippen LogP contribution in [-0.2, 0) is 4.79 Å². The molecule has 1 fully saturated rings. The highest BCUT2D eigenvalue weighted by Crippen LogP contribution is 2.42. The average molecular weight is 434 g/mol. The van der Waals surface area contributed by atoms with E-state index in [-0.39, 0.29) is 17.4 Å². The lowest BCUT2D eigenvalue weighted by atomic mass is 10.0. The van der Waals surface area contributed by atoms with E-state index in [9.17, 15) is 13.6 Å². The van der Waals surface area contributed by atoms with E-state index in [1.165, 1.54) is 11.8 Å². The van der Waals surface area contributed by atoms with Crippen molar-refractivity contribution in [3.8, 4) is 11.1 Å². The molecule has 0 unspecified atom stereocenters. The highest BCUT2D eigenvalue weighted by molar-refractivity contribution is 7.98. The highest BCUT2D eigenvalue weighted by atomic mass is 35.5. The molecule has 0 aliphatic heterocycles. The van der Waals surface area contributed by atoms with Crippen molar-refractivity contribution in [1.29, 1.82) is 0 Å². The Morgan fingerprint density at radius 3 is 2.97 bits per heavy atom. The number of nitrogens with zero attached hydrogens (tertiary/aromatic N) is 3. The van der Waals surface area contributed by atoms with Gasteiger partial charge in [-0.15, -0.1) is 11.8 Å². The monoisotopic (exact) mass is 433 g/mol. The number of aromatic amines is 1. The van der Waals surface area contributed by atoms with Gasteiger partial charge in [0.1, 0.15) is 6.17 Å². The minimum atomic E-state index is -1.07. The van der Waals surface area contributed by atoms with Crippen molar-refractivity contribution in [1.82, 2.24) is 19.8 Å². The summed E-state index contributed by atoms with van der Waals surface area (Å²) in [5, 5.41) is 14.5. The van der Waals surface area contributed by atoms with Crippen molar-refractivity contribution in [3.63, 3.8) is 0 Å². The number of H-pyrrole nitrogens is 1. The molecular formula is C19H14ClF2N5OS. The molecule has 4 aromatic rings. The summed E-state index contributed by atoms with van der Waals surface area (Å²) in [6.07, 6.45) is 4.26. The number of carbonyl (C=O) groups excluding carboxylic acids is 1. The number of amides is 1. The molecule has 3 heterocycles. The number of benzene rings is 1. The lowest BCUT2D eigenvalue weighted by Crippen LogP contribution is -2.15. The highest BCUT2D eigenvalue weighted by Gasteiger charge is 2.43. The van der Waals surface area contributed by atoms with Crippen LogP contribution in [0, 0.1) is 11.7 Å². The molecule has 1 aromatic carbocycles. The van der Waals surface area contributed by atoms with Crippen molar-refractivity contribution in [2.75, 3.05) is 11.6 Å². The van der Waals surface area contributed by atoms with E-state index < -0.39 is 17.9 Å². The number of anilines is 1. The van der Waals surface area contributed by atoms with Gasteiger partial charge in [0.2, 0.25) is 5.91 Å². The first kappa shape index (κ1) is 18.4. The van der Waals surface area contributed by atoms with E-state index in [1.54, 1.807) is 41.4 Å². The largest absolute Gasteiger partial charge is 0.309 e. The second-order valence-corrected chi connectivity index (χ2v) is 8.05. The van der Waals surface area contributed by atoms with Gasteiger partial charge in [0.05, 0.1) is 33.1 Å².